The number of halogens is 1. The zero-order valence-electron chi connectivity index (χ0n) is 6.56. The van der Waals surface area contributed by atoms with Gasteiger partial charge in [0, 0.05) is 11.5 Å². The number of aromatic nitrogens is 2. The lowest BCUT2D eigenvalue weighted by Crippen LogP contribution is -2.12. The lowest BCUT2D eigenvalue weighted by Gasteiger charge is -1.93. The topological polar surface area (TPSA) is 44.6 Å². The Morgan fingerprint density at radius 2 is 2.25 bits per heavy atom. The first-order chi connectivity index (χ1) is 5.68. The molecule has 0 fully saturated rings. The number of hydrogen-bond acceptors (Lipinski definition) is 1. The number of rotatable bonds is 0. The Balaban J connectivity index is 2.96. The summed E-state index contributed by atoms with van der Waals surface area (Å²) < 4.78 is 2.83. The van der Waals surface area contributed by atoms with Crippen LogP contribution in [0.3, 0.4) is 0 Å². The number of hydrogen-bond donors (Lipinski definition) is 2. The van der Waals surface area contributed by atoms with E-state index in [0.717, 1.165) is 15.5 Å². The highest BCUT2D eigenvalue weighted by Crippen LogP contribution is 2.15. The Hall–Kier alpha value is -1.03. The van der Waals surface area contributed by atoms with E-state index in [2.05, 4.69) is 20.9 Å². The molecule has 3 nitrogen and oxygen atoms in total. The second-order valence-electron chi connectivity index (χ2n) is 2.69. The number of aromatic amines is 1. The van der Waals surface area contributed by atoms with Crippen LogP contribution in [0.15, 0.2) is 22.7 Å². The standard InChI is InChI=1S/C8H8BrN3/c1-12-7-3-2-5(9)4-6(7)11-8(12)10/h2-4H,1H3,(H2,10,11). The summed E-state index contributed by atoms with van der Waals surface area (Å²) in [4.78, 5) is 2.97. The van der Waals surface area contributed by atoms with Gasteiger partial charge in [0.1, 0.15) is 0 Å². The third kappa shape index (κ3) is 0.992. The molecule has 1 aromatic heterocycles. The maximum atomic E-state index is 7.51. The van der Waals surface area contributed by atoms with Crippen LogP contribution in [0.4, 0.5) is 0 Å². The number of nitrogens with zero attached hydrogens (tertiary/aromatic N) is 1. The molecule has 1 aromatic carbocycles. The fraction of sp³-hybridized carbons (Fsp3) is 0.125. The molecule has 0 aliphatic heterocycles. The summed E-state index contributed by atoms with van der Waals surface area (Å²) in [7, 11) is 1.87. The van der Waals surface area contributed by atoms with E-state index in [1.54, 1.807) is 0 Å². The molecule has 0 amide bonds. The fourth-order valence-corrected chi connectivity index (χ4v) is 1.59. The molecule has 62 valence electrons. The zero-order chi connectivity index (χ0) is 8.72. The van der Waals surface area contributed by atoms with Crippen molar-refractivity contribution in [1.82, 2.24) is 9.55 Å². The van der Waals surface area contributed by atoms with Crippen LogP contribution in [-0.4, -0.2) is 9.55 Å². The van der Waals surface area contributed by atoms with Crippen molar-refractivity contribution < 1.29 is 0 Å². The zero-order valence-corrected chi connectivity index (χ0v) is 8.14. The smallest absolute Gasteiger partial charge is 0.200 e. The van der Waals surface area contributed by atoms with Crippen molar-refractivity contribution in [2.24, 2.45) is 7.05 Å². The Kier molecular flexibility index (Phi) is 1.58. The predicted molar refractivity (Wildman–Crippen MR) is 50.8 cm³/mol. The van der Waals surface area contributed by atoms with Crippen LogP contribution in [0, 0.1) is 5.41 Å². The van der Waals surface area contributed by atoms with Crippen molar-refractivity contribution in [2.45, 2.75) is 0 Å². The highest BCUT2D eigenvalue weighted by atomic mass is 79.9. The van der Waals surface area contributed by atoms with Gasteiger partial charge in [0.05, 0.1) is 11.0 Å². The SMILES string of the molecule is Cn1c(=N)[nH]c2cc(Br)ccc21. The lowest BCUT2D eigenvalue weighted by atomic mass is 10.3. The van der Waals surface area contributed by atoms with Gasteiger partial charge in [-0.05, 0) is 18.2 Å². The Labute approximate surface area is 77.7 Å². The van der Waals surface area contributed by atoms with Gasteiger partial charge in [0.15, 0.2) is 5.62 Å². The van der Waals surface area contributed by atoms with E-state index in [1.165, 1.54) is 0 Å². The first-order valence-electron chi connectivity index (χ1n) is 3.57. The van der Waals surface area contributed by atoms with Crippen molar-refractivity contribution in [3.8, 4) is 0 Å². The van der Waals surface area contributed by atoms with Gasteiger partial charge in [-0.3, -0.25) is 5.41 Å². The molecular formula is C8H8BrN3. The van der Waals surface area contributed by atoms with E-state index in [1.807, 2.05) is 29.8 Å². The van der Waals surface area contributed by atoms with Crippen molar-refractivity contribution in [2.75, 3.05) is 0 Å². The molecule has 0 bridgehead atoms. The minimum atomic E-state index is 0.420. The molecule has 12 heavy (non-hydrogen) atoms. The van der Waals surface area contributed by atoms with Gasteiger partial charge in [-0.2, -0.15) is 0 Å². The number of imidazole rings is 1. The lowest BCUT2D eigenvalue weighted by molar-refractivity contribution is 0.834. The Bertz CT molecular complexity index is 480. The first-order valence-corrected chi connectivity index (χ1v) is 4.36. The van der Waals surface area contributed by atoms with Gasteiger partial charge in [0.2, 0.25) is 0 Å². The minimum absolute atomic E-state index is 0.420. The molecule has 2 aromatic rings. The summed E-state index contributed by atoms with van der Waals surface area (Å²) >= 11 is 3.38. The Morgan fingerprint density at radius 3 is 3.00 bits per heavy atom. The number of aryl methyl sites for hydroxylation is 1. The van der Waals surface area contributed by atoms with Crippen LogP contribution < -0.4 is 5.62 Å². The van der Waals surface area contributed by atoms with Crippen molar-refractivity contribution >= 4 is 27.0 Å². The average molecular weight is 226 g/mol. The molecule has 0 aliphatic carbocycles. The third-order valence-corrected chi connectivity index (χ3v) is 2.40. The van der Waals surface area contributed by atoms with Crippen LogP contribution >= 0.6 is 15.9 Å². The molecular weight excluding hydrogens is 218 g/mol. The van der Waals surface area contributed by atoms with Crippen molar-refractivity contribution in [3.63, 3.8) is 0 Å². The average Bonchev–Trinajstić information content (AvgIpc) is 2.28. The quantitative estimate of drug-likeness (QED) is 0.687. The van der Waals surface area contributed by atoms with Crippen LogP contribution in [0.2, 0.25) is 0 Å². The maximum Gasteiger partial charge on any atom is 0.200 e. The van der Waals surface area contributed by atoms with Crippen molar-refractivity contribution in [3.05, 3.63) is 28.3 Å². The van der Waals surface area contributed by atoms with E-state index in [-0.39, 0.29) is 0 Å². The molecule has 0 radical (unpaired) electrons. The molecule has 2 rings (SSSR count). The van der Waals surface area contributed by atoms with Gasteiger partial charge >= 0.3 is 0 Å². The fourth-order valence-electron chi connectivity index (χ4n) is 1.23. The molecule has 0 saturated heterocycles. The van der Waals surface area contributed by atoms with E-state index in [0.29, 0.717) is 5.62 Å². The second-order valence-corrected chi connectivity index (χ2v) is 3.61. The van der Waals surface area contributed by atoms with E-state index >= 15 is 0 Å². The minimum Gasteiger partial charge on any atom is -0.324 e. The molecule has 0 saturated carbocycles. The van der Waals surface area contributed by atoms with E-state index in [4.69, 9.17) is 5.41 Å². The molecule has 0 unspecified atom stereocenters. The second kappa shape index (κ2) is 2.48. The van der Waals surface area contributed by atoms with Gasteiger partial charge in [-0.1, -0.05) is 15.9 Å². The molecule has 0 spiro atoms. The summed E-state index contributed by atoms with van der Waals surface area (Å²) in [6.45, 7) is 0. The van der Waals surface area contributed by atoms with Crippen LogP contribution in [0.5, 0.6) is 0 Å². The number of H-pyrrole nitrogens is 1. The number of fused-ring (bicyclic) bond motifs is 1. The summed E-state index contributed by atoms with van der Waals surface area (Å²) in [5.41, 5.74) is 2.45. The highest BCUT2D eigenvalue weighted by molar-refractivity contribution is 9.10. The van der Waals surface area contributed by atoms with Gasteiger partial charge < -0.3 is 9.55 Å². The van der Waals surface area contributed by atoms with Gasteiger partial charge in [-0.25, -0.2) is 0 Å². The number of nitrogens with one attached hydrogen (secondary N) is 2. The summed E-state index contributed by atoms with van der Waals surface area (Å²) in [5, 5.41) is 7.51. The summed E-state index contributed by atoms with van der Waals surface area (Å²) in [5.74, 6) is 0. The molecule has 4 heteroatoms. The van der Waals surface area contributed by atoms with Crippen LogP contribution in [0.1, 0.15) is 0 Å². The first kappa shape index (κ1) is 7.61. The number of benzene rings is 1. The van der Waals surface area contributed by atoms with Gasteiger partial charge in [0.25, 0.3) is 0 Å². The molecule has 0 atom stereocenters. The monoisotopic (exact) mass is 225 g/mol. The summed E-state index contributed by atoms with van der Waals surface area (Å²) in [6, 6.07) is 5.91. The highest BCUT2D eigenvalue weighted by Gasteiger charge is 1.99. The van der Waals surface area contributed by atoms with E-state index in [9.17, 15) is 0 Å². The van der Waals surface area contributed by atoms with Crippen LogP contribution in [0.25, 0.3) is 11.0 Å². The van der Waals surface area contributed by atoms with Crippen LogP contribution in [-0.2, 0) is 7.05 Å². The molecule has 1 heterocycles. The molecule has 0 aliphatic rings. The largest absolute Gasteiger partial charge is 0.324 e. The third-order valence-electron chi connectivity index (χ3n) is 1.91. The van der Waals surface area contributed by atoms with Crippen molar-refractivity contribution in [1.29, 1.82) is 5.41 Å². The van der Waals surface area contributed by atoms with E-state index < -0.39 is 0 Å². The Morgan fingerprint density at radius 1 is 1.50 bits per heavy atom. The molecule has 2 N–H and O–H groups in total. The maximum absolute atomic E-state index is 7.51. The normalized spacial score (nSPS) is 10.8. The summed E-state index contributed by atoms with van der Waals surface area (Å²) in [6.07, 6.45) is 0. The predicted octanol–water partition coefficient (Wildman–Crippen LogP) is 1.75. The van der Waals surface area contributed by atoms with Gasteiger partial charge in [-0.15, -0.1) is 0 Å².